The minimum absolute atomic E-state index is 0.916. The van der Waals surface area contributed by atoms with Gasteiger partial charge in [-0.2, -0.15) is 0 Å². The average molecular weight is 125 g/mol. The van der Waals surface area contributed by atoms with Crippen molar-refractivity contribution in [2.45, 2.75) is 38.1 Å². The molecule has 1 unspecified atom stereocenters. The highest BCUT2D eigenvalue weighted by atomic mass is 15.0. The molecule has 2 fully saturated rings. The molecule has 1 aliphatic heterocycles. The Morgan fingerprint density at radius 3 is 2.78 bits per heavy atom. The van der Waals surface area contributed by atoms with Crippen molar-refractivity contribution in [1.82, 2.24) is 5.32 Å². The third-order valence-electron chi connectivity index (χ3n) is 2.83. The van der Waals surface area contributed by atoms with Gasteiger partial charge in [-0.05, 0) is 31.7 Å². The average Bonchev–Trinajstić information content (AvgIpc) is 2.33. The first kappa shape index (κ1) is 5.72. The minimum atomic E-state index is 0.916. The van der Waals surface area contributed by atoms with Gasteiger partial charge in [0, 0.05) is 6.04 Å². The van der Waals surface area contributed by atoms with Crippen LogP contribution in [0.15, 0.2) is 0 Å². The molecule has 2 atom stereocenters. The number of hydrogen-bond donors (Lipinski definition) is 1. The molecule has 52 valence electrons. The van der Waals surface area contributed by atoms with Crippen molar-refractivity contribution in [3.8, 4) is 0 Å². The molecule has 0 aromatic carbocycles. The van der Waals surface area contributed by atoms with Crippen molar-refractivity contribution in [1.29, 1.82) is 0 Å². The number of hydrogen-bond acceptors (Lipinski definition) is 1. The molecule has 0 radical (unpaired) electrons. The van der Waals surface area contributed by atoms with Crippen LogP contribution in [0.4, 0.5) is 0 Å². The zero-order valence-electron chi connectivity index (χ0n) is 5.90. The largest absolute Gasteiger partial charge is 0.314 e. The summed E-state index contributed by atoms with van der Waals surface area (Å²) in [5, 5.41) is 3.56. The van der Waals surface area contributed by atoms with Gasteiger partial charge < -0.3 is 5.32 Å². The van der Waals surface area contributed by atoms with Crippen LogP contribution < -0.4 is 5.32 Å². The zero-order valence-corrected chi connectivity index (χ0v) is 5.90. The predicted octanol–water partition coefficient (Wildman–Crippen LogP) is 1.54. The lowest BCUT2D eigenvalue weighted by molar-refractivity contribution is 0.326. The summed E-state index contributed by atoms with van der Waals surface area (Å²) in [5.74, 6) is 1.05. The number of rotatable bonds is 0. The van der Waals surface area contributed by atoms with E-state index < -0.39 is 0 Å². The molecule has 0 aromatic rings. The molecule has 0 amide bonds. The Hall–Kier alpha value is -0.0400. The first-order chi connectivity index (χ1) is 4.47. The quantitative estimate of drug-likeness (QED) is 0.518. The summed E-state index contributed by atoms with van der Waals surface area (Å²) in [6, 6.07) is 0.916. The van der Waals surface area contributed by atoms with Gasteiger partial charge in [-0.3, -0.25) is 0 Å². The highest BCUT2D eigenvalue weighted by molar-refractivity contribution is 4.86. The van der Waals surface area contributed by atoms with E-state index in [4.69, 9.17) is 0 Å². The van der Waals surface area contributed by atoms with Gasteiger partial charge in [0.25, 0.3) is 0 Å². The summed E-state index contributed by atoms with van der Waals surface area (Å²) in [6.45, 7) is 1.29. The molecule has 0 bridgehead atoms. The SMILES string of the molecule is C1CC[C@@H]2NCCC2C1. The Morgan fingerprint density at radius 1 is 1.00 bits per heavy atom. The molecular formula is C8H15N. The lowest BCUT2D eigenvalue weighted by Gasteiger charge is -2.24. The normalized spacial score (nSPS) is 42.7. The molecule has 1 saturated heterocycles. The van der Waals surface area contributed by atoms with Gasteiger partial charge in [0.1, 0.15) is 0 Å². The molecule has 1 saturated carbocycles. The monoisotopic (exact) mass is 125 g/mol. The third kappa shape index (κ3) is 0.983. The van der Waals surface area contributed by atoms with Crippen LogP contribution in [-0.4, -0.2) is 12.6 Å². The van der Waals surface area contributed by atoms with Crippen LogP contribution in [0.2, 0.25) is 0 Å². The van der Waals surface area contributed by atoms with Crippen LogP contribution in [0.3, 0.4) is 0 Å². The van der Waals surface area contributed by atoms with E-state index in [1.807, 2.05) is 0 Å². The van der Waals surface area contributed by atoms with Crippen LogP contribution >= 0.6 is 0 Å². The maximum Gasteiger partial charge on any atom is 0.00958 e. The van der Waals surface area contributed by atoms with Gasteiger partial charge in [0.2, 0.25) is 0 Å². The highest BCUT2D eigenvalue weighted by Crippen LogP contribution is 2.29. The smallest absolute Gasteiger partial charge is 0.00958 e. The molecule has 9 heavy (non-hydrogen) atoms. The topological polar surface area (TPSA) is 12.0 Å². The van der Waals surface area contributed by atoms with Gasteiger partial charge in [-0.15, -0.1) is 0 Å². The van der Waals surface area contributed by atoms with Crippen LogP contribution in [0.25, 0.3) is 0 Å². The highest BCUT2D eigenvalue weighted by Gasteiger charge is 2.28. The van der Waals surface area contributed by atoms with E-state index in [0.717, 1.165) is 12.0 Å². The van der Waals surface area contributed by atoms with Gasteiger partial charge in [0.05, 0.1) is 0 Å². The van der Waals surface area contributed by atoms with E-state index in [9.17, 15) is 0 Å². The van der Waals surface area contributed by atoms with Gasteiger partial charge in [0.15, 0.2) is 0 Å². The number of fused-ring (bicyclic) bond motifs is 1. The Labute approximate surface area is 56.8 Å². The molecule has 1 heterocycles. The standard InChI is InChI=1S/C8H15N/c1-2-4-8-7(3-1)5-6-9-8/h7-9H,1-6H2/t7?,8-/m0/s1. The Kier molecular flexibility index (Phi) is 1.46. The predicted molar refractivity (Wildman–Crippen MR) is 38.4 cm³/mol. The van der Waals surface area contributed by atoms with Gasteiger partial charge in [-0.25, -0.2) is 0 Å². The first-order valence-corrected chi connectivity index (χ1v) is 4.20. The van der Waals surface area contributed by atoms with Crippen LogP contribution in [0.1, 0.15) is 32.1 Å². The fraction of sp³-hybridized carbons (Fsp3) is 1.00. The molecule has 0 spiro atoms. The van der Waals surface area contributed by atoms with E-state index >= 15 is 0 Å². The van der Waals surface area contributed by atoms with Crippen LogP contribution in [-0.2, 0) is 0 Å². The van der Waals surface area contributed by atoms with Crippen molar-refractivity contribution in [2.24, 2.45) is 5.92 Å². The van der Waals surface area contributed by atoms with Crippen LogP contribution in [0, 0.1) is 5.92 Å². The first-order valence-electron chi connectivity index (χ1n) is 4.20. The van der Waals surface area contributed by atoms with Gasteiger partial charge in [-0.1, -0.05) is 12.8 Å². The Morgan fingerprint density at radius 2 is 1.89 bits per heavy atom. The zero-order chi connectivity index (χ0) is 6.10. The lowest BCUT2D eigenvalue weighted by atomic mass is 9.86. The second-order valence-corrected chi connectivity index (χ2v) is 3.39. The van der Waals surface area contributed by atoms with Crippen molar-refractivity contribution in [3.63, 3.8) is 0 Å². The number of nitrogens with one attached hydrogen (secondary N) is 1. The summed E-state index contributed by atoms with van der Waals surface area (Å²) in [6.07, 6.45) is 7.35. The van der Waals surface area contributed by atoms with Crippen molar-refractivity contribution < 1.29 is 0 Å². The fourth-order valence-corrected chi connectivity index (χ4v) is 2.28. The minimum Gasteiger partial charge on any atom is -0.314 e. The molecule has 1 aliphatic carbocycles. The second kappa shape index (κ2) is 2.30. The molecule has 0 aromatic heterocycles. The van der Waals surface area contributed by atoms with E-state index in [1.165, 1.54) is 38.6 Å². The van der Waals surface area contributed by atoms with Crippen molar-refractivity contribution in [2.75, 3.05) is 6.54 Å². The Bertz CT molecular complexity index is 88.7. The summed E-state index contributed by atoms with van der Waals surface area (Å²) in [5.41, 5.74) is 0. The maximum atomic E-state index is 3.56. The fourth-order valence-electron chi connectivity index (χ4n) is 2.28. The second-order valence-electron chi connectivity index (χ2n) is 3.39. The van der Waals surface area contributed by atoms with Gasteiger partial charge >= 0.3 is 0 Å². The molecule has 2 rings (SSSR count). The van der Waals surface area contributed by atoms with Crippen molar-refractivity contribution >= 4 is 0 Å². The summed E-state index contributed by atoms with van der Waals surface area (Å²) < 4.78 is 0. The molecule has 1 N–H and O–H groups in total. The third-order valence-corrected chi connectivity index (χ3v) is 2.83. The van der Waals surface area contributed by atoms with E-state index in [2.05, 4.69) is 5.32 Å². The lowest BCUT2D eigenvalue weighted by Crippen LogP contribution is -2.29. The molecule has 2 aliphatic rings. The maximum absolute atomic E-state index is 3.56. The summed E-state index contributed by atoms with van der Waals surface area (Å²) in [7, 11) is 0. The van der Waals surface area contributed by atoms with E-state index in [0.29, 0.717) is 0 Å². The molecule has 1 heteroatoms. The molecule has 1 nitrogen and oxygen atoms in total. The van der Waals surface area contributed by atoms with Crippen molar-refractivity contribution in [3.05, 3.63) is 0 Å². The van der Waals surface area contributed by atoms with E-state index in [1.54, 1.807) is 0 Å². The van der Waals surface area contributed by atoms with Crippen LogP contribution in [0.5, 0.6) is 0 Å². The molecular weight excluding hydrogens is 110 g/mol. The summed E-state index contributed by atoms with van der Waals surface area (Å²) >= 11 is 0. The Balaban J connectivity index is 1.97. The van der Waals surface area contributed by atoms with E-state index in [-0.39, 0.29) is 0 Å². The summed E-state index contributed by atoms with van der Waals surface area (Å²) in [4.78, 5) is 0.